The lowest BCUT2D eigenvalue weighted by molar-refractivity contribution is -0.156. The second-order valence-corrected chi connectivity index (χ2v) is 9.02. The molecule has 3 rings (SSSR count). The van der Waals surface area contributed by atoms with Crippen LogP contribution in [-0.4, -0.2) is 39.7 Å². The maximum Gasteiger partial charge on any atom is 0.315 e. The molecule has 8 heteroatoms. The Hall–Kier alpha value is -1.57. The molecule has 0 amide bonds. The lowest BCUT2D eigenvalue weighted by atomic mass is 9.91. The predicted molar refractivity (Wildman–Crippen MR) is 107 cm³/mol. The molecule has 27 heavy (non-hydrogen) atoms. The molecule has 0 aliphatic carbocycles. The molecule has 0 bridgehead atoms. The summed E-state index contributed by atoms with van der Waals surface area (Å²) in [7, 11) is 1.87. The van der Waals surface area contributed by atoms with Gasteiger partial charge in [-0.1, -0.05) is 22.9 Å². The first-order chi connectivity index (χ1) is 12.8. The summed E-state index contributed by atoms with van der Waals surface area (Å²) in [4.78, 5) is 12.8. The van der Waals surface area contributed by atoms with Crippen LogP contribution in [0, 0.1) is 0 Å². The number of carbonyl (C=O) groups excluding carboxylic acids is 1. The largest absolute Gasteiger partial charge is 0.459 e. The summed E-state index contributed by atoms with van der Waals surface area (Å²) in [6, 6.07) is 3.86. The van der Waals surface area contributed by atoms with Crippen molar-refractivity contribution in [3.8, 4) is 0 Å². The van der Waals surface area contributed by atoms with E-state index in [1.54, 1.807) is 22.6 Å². The molecule has 1 aliphatic rings. The number of benzene rings is 1. The maximum absolute atomic E-state index is 12.8. The minimum absolute atomic E-state index is 0.199. The van der Waals surface area contributed by atoms with Gasteiger partial charge in [-0.05, 0) is 56.5 Å². The molecule has 0 radical (unpaired) electrons. The van der Waals surface area contributed by atoms with Crippen molar-refractivity contribution in [2.24, 2.45) is 7.05 Å². The average molecular weight is 409 g/mol. The fraction of sp³-hybridized carbons (Fsp3) is 0.526. The molecule has 1 aliphatic heterocycles. The molecule has 146 valence electrons. The average Bonchev–Trinajstić information content (AvgIpc) is 2.86. The van der Waals surface area contributed by atoms with E-state index in [0.29, 0.717) is 12.3 Å². The summed E-state index contributed by atoms with van der Waals surface area (Å²) in [5.41, 5.74) is 2.71. The molecule has 1 atom stereocenters. The van der Waals surface area contributed by atoms with Crippen LogP contribution in [0.5, 0.6) is 0 Å². The van der Waals surface area contributed by atoms with Gasteiger partial charge in [-0.2, -0.15) is 0 Å². The number of aryl methyl sites for hydroxylation is 1. The van der Waals surface area contributed by atoms with Gasteiger partial charge in [-0.25, -0.2) is 4.68 Å². The quantitative estimate of drug-likeness (QED) is 0.618. The predicted octanol–water partition coefficient (Wildman–Crippen LogP) is 3.33. The number of aromatic nitrogens is 3. The molecule has 1 N–H and O–H groups in total. The van der Waals surface area contributed by atoms with Crippen molar-refractivity contribution in [1.29, 1.82) is 0 Å². The Morgan fingerprint density at radius 2 is 2.22 bits per heavy atom. The zero-order valence-corrected chi connectivity index (χ0v) is 17.7. The Bertz CT molecular complexity index is 832. The highest BCUT2D eigenvalue weighted by Gasteiger charge is 2.31. The molecule has 1 aromatic carbocycles. The van der Waals surface area contributed by atoms with Crippen LogP contribution in [0.1, 0.15) is 43.4 Å². The Morgan fingerprint density at radius 3 is 2.89 bits per heavy atom. The van der Waals surface area contributed by atoms with Gasteiger partial charge in [0.2, 0.25) is 0 Å². The lowest BCUT2D eigenvalue weighted by Crippen LogP contribution is -2.32. The van der Waals surface area contributed by atoms with Crippen molar-refractivity contribution in [1.82, 2.24) is 20.3 Å². The fourth-order valence-corrected chi connectivity index (χ4v) is 4.46. The van der Waals surface area contributed by atoms with Crippen LogP contribution in [0.4, 0.5) is 0 Å². The van der Waals surface area contributed by atoms with E-state index in [2.05, 4.69) is 15.6 Å². The third-order valence-corrected chi connectivity index (χ3v) is 5.87. The normalized spacial score (nSPS) is 17.3. The molecule has 0 fully saturated rings. The smallest absolute Gasteiger partial charge is 0.315 e. The van der Waals surface area contributed by atoms with Gasteiger partial charge in [0.15, 0.2) is 0 Å². The van der Waals surface area contributed by atoms with Crippen LogP contribution in [0.2, 0.25) is 5.02 Å². The zero-order valence-electron chi connectivity index (χ0n) is 16.1. The highest BCUT2D eigenvalue weighted by Crippen LogP contribution is 2.35. The topological polar surface area (TPSA) is 69.0 Å². The number of nitrogens with zero attached hydrogens (tertiary/aromatic N) is 3. The van der Waals surface area contributed by atoms with Crippen molar-refractivity contribution in [3.05, 3.63) is 40.0 Å². The molecule has 6 nitrogen and oxygen atoms in total. The third kappa shape index (κ3) is 4.83. The van der Waals surface area contributed by atoms with Crippen molar-refractivity contribution in [2.45, 2.75) is 49.5 Å². The number of hydrogen-bond acceptors (Lipinski definition) is 6. The summed E-state index contributed by atoms with van der Waals surface area (Å²) in [5, 5.41) is 12.9. The number of carbonyl (C=O) groups is 1. The molecular formula is C19H25ClN4O2S. The number of esters is 1. The Kier molecular flexibility index (Phi) is 6.13. The number of rotatable bonds is 4. The fourth-order valence-electron chi connectivity index (χ4n) is 3.17. The highest BCUT2D eigenvalue weighted by molar-refractivity contribution is 7.98. The highest BCUT2D eigenvalue weighted by atomic mass is 35.5. The van der Waals surface area contributed by atoms with Crippen LogP contribution < -0.4 is 5.32 Å². The summed E-state index contributed by atoms with van der Waals surface area (Å²) < 4.78 is 7.40. The standard InChI is InChI=1S/C19H25ClN4O2S/c1-19(2,3)26-18(25)14-9-21-8-7-13-12(14)5-6-16(20)15(13)11-27-17-10-22-23-24(17)4/h5-6,10,14,21H,7-9,11H2,1-4H3. The number of ether oxygens (including phenoxy) is 1. The minimum Gasteiger partial charge on any atom is -0.459 e. The van der Waals surface area contributed by atoms with Crippen LogP contribution in [0.25, 0.3) is 0 Å². The van der Waals surface area contributed by atoms with E-state index >= 15 is 0 Å². The monoisotopic (exact) mass is 408 g/mol. The van der Waals surface area contributed by atoms with Crippen molar-refractivity contribution in [2.75, 3.05) is 13.1 Å². The number of halogens is 1. The van der Waals surface area contributed by atoms with Gasteiger partial charge in [0, 0.05) is 24.4 Å². The van der Waals surface area contributed by atoms with E-state index in [-0.39, 0.29) is 11.9 Å². The van der Waals surface area contributed by atoms with Gasteiger partial charge in [0.25, 0.3) is 0 Å². The van der Waals surface area contributed by atoms with E-state index in [0.717, 1.165) is 39.7 Å². The van der Waals surface area contributed by atoms with E-state index in [1.807, 2.05) is 40.0 Å². The SMILES string of the molecule is Cn1nncc1SCc1c(Cl)ccc2c1CCNCC2C(=O)OC(C)(C)C. The Labute approximate surface area is 169 Å². The van der Waals surface area contributed by atoms with Crippen molar-refractivity contribution < 1.29 is 9.53 Å². The van der Waals surface area contributed by atoms with E-state index in [9.17, 15) is 4.79 Å². The van der Waals surface area contributed by atoms with Gasteiger partial charge in [-0.3, -0.25) is 4.79 Å². The zero-order chi connectivity index (χ0) is 19.6. The van der Waals surface area contributed by atoms with Crippen LogP contribution in [0.3, 0.4) is 0 Å². The van der Waals surface area contributed by atoms with Crippen LogP contribution in [-0.2, 0) is 28.8 Å². The molecular weight excluding hydrogens is 384 g/mol. The second-order valence-electron chi connectivity index (χ2n) is 7.62. The molecule has 0 saturated carbocycles. The maximum atomic E-state index is 12.8. The summed E-state index contributed by atoms with van der Waals surface area (Å²) in [5.74, 6) is 0.167. The number of fused-ring (bicyclic) bond motifs is 1. The van der Waals surface area contributed by atoms with Gasteiger partial charge in [0.05, 0.1) is 12.1 Å². The molecule has 1 aromatic heterocycles. The Balaban J connectivity index is 1.91. The third-order valence-electron chi connectivity index (χ3n) is 4.41. The van der Waals surface area contributed by atoms with Crippen LogP contribution in [0.15, 0.2) is 23.4 Å². The van der Waals surface area contributed by atoms with E-state index < -0.39 is 5.60 Å². The molecule has 0 saturated heterocycles. The van der Waals surface area contributed by atoms with Crippen LogP contribution >= 0.6 is 23.4 Å². The first-order valence-corrected chi connectivity index (χ1v) is 10.3. The minimum atomic E-state index is -0.513. The summed E-state index contributed by atoms with van der Waals surface area (Å²) >= 11 is 8.18. The van der Waals surface area contributed by atoms with E-state index in [4.69, 9.17) is 16.3 Å². The van der Waals surface area contributed by atoms with E-state index in [1.165, 1.54) is 0 Å². The van der Waals surface area contributed by atoms with Gasteiger partial charge in [-0.15, -0.1) is 16.9 Å². The molecule has 2 heterocycles. The summed E-state index contributed by atoms with van der Waals surface area (Å²) in [6.45, 7) is 7.05. The molecule has 2 aromatic rings. The number of nitrogens with one attached hydrogen (secondary N) is 1. The van der Waals surface area contributed by atoms with Gasteiger partial charge >= 0.3 is 5.97 Å². The van der Waals surface area contributed by atoms with Crippen molar-refractivity contribution >= 4 is 29.3 Å². The summed E-state index contributed by atoms with van der Waals surface area (Å²) in [6.07, 6.45) is 2.57. The van der Waals surface area contributed by atoms with Gasteiger partial charge in [0.1, 0.15) is 10.6 Å². The van der Waals surface area contributed by atoms with Gasteiger partial charge < -0.3 is 10.1 Å². The first kappa shape index (κ1) is 20.2. The second kappa shape index (κ2) is 8.20. The first-order valence-electron chi connectivity index (χ1n) is 8.97. The molecule has 1 unspecified atom stereocenters. The molecule has 0 spiro atoms. The lowest BCUT2D eigenvalue weighted by Gasteiger charge is -2.25. The van der Waals surface area contributed by atoms with Crippen molar-refractivity contribution in [3.63, 3.8) is 0 Å². The number of hydrogen-bond donors (Lipinski definition) is 1. The number of thioether (sulfide) groups is 1. The Morgan fingerprint density at radius 1 is 1.44 bits per heavy atom.